The van der Waals surface area contributed by atoms with Crippen LogP contribution in [0.15, 0.2) is 42.5 Å². The number of carbonyl (C=O) groups is 1. The van der Waals surface area contributed by atoms with Crippen LogP contribution in [0.5, 0.6) is 0 Å². The van der Waals surface area contributed by atoms with Crippen LogP contribution in [0.25, 0.3) is 11.0 Å². The molecule has 3 rings (SSSR count). The third-order valence-corrected chi connectivity index (χ3v) is 4.57. The molecule has 1 atom stereocenters. The van der Waals surface area contributed by atoms with E-state index in [1.165, 1.54) is 19.2 Å². The van der Waals surface area contributed by atoms with E-state index in [2.05, 4.69) is 20.6 Å². The predicted octanol–water partition coefficient (Wildman–Crippen LogP) is 3.41. The first-order chi connectivity index (χ1) is 13.8. The number of aromatic amines is 1. The Hall–Kier alpha value is -3.07. The zero-order valence-corrected chi connectivity index (χ0v) is 15.7. The number of para-hydroxylation sites is 1. The minimum atomic E-state index is -4.48. The monoisotopic (exact) mass is 406 g/mol. The molecule has 0 spiro atoms. The molecular weight excluding hydrogens is 385 g/mol. The molecule has 0 saturated carbocycles. The minimum Gasteiger partial charge on any atom is -0.396 e. The number of carbonyl (C=O) groups excluding carboxylic acids is 1. The third-order valence-electron chi connectivity index (χ3n) is 4.57. The second kappa shape index (κ2) is 8.52. The maximum atomic E-state index is 13.1. The van der Waals surface area contributed by atoms with E-state index < -0.39 is 17.8 Å². The van der Waals surface area contributed by atoms with Crippen molar-refractivity contribution in [2.75, 3.05) is 19.0 Å². The number of alkyl halides is 3. The summed E-state index contributed by atoms with van der Waals surface area (Å²) in [6.07, 6.45) is -4.12. The highest BCUT2D eigenvalue weighted by Gasteiger charge is 2.31. The van der Waals surface area contributed by atoms with Gasteiger partial charge < -0.3 is 20.7 Å². The van der Waals surface area contributed by atoms with Crippen LogP contribution in [0.1, 0.15) is 29.2 Å². The van der Waals surface area contributed by atoms with Gasteiger partial charge in [-0.1, -0.05) is 24.3 Å². The number of fused-ring (bicyclic) bond motifs is 1. The van der Waals surface area contributed by atoms with Crippen molar-refractivity contribution in [3.8, 4) is 0 Å². The standard InChI is InChI=1S/C20H21F3N4O2/c1-24-17(29)11-16(13-5-2-6-14(10-13)20(21,22)23)26-19-25-15-7-3-4-12(8-9-28)18(15)27-19/h2-7,10,16,28H,8-9,11H2,1H3,(H,24,29)(H2,25,26,27). The molecule has 154 valence electrons. The number of hydrogen-bond acceptors (Lipinski definition) is 4. The third kappa shape index (κ3) is 4.86. The number of anilines is 1. The first kappa shape index (κ1) is 20.7. The van der Waals surface area contributed by atoms with Crippen molar-refractivity contribution in [3.63, 3.8) is 0 Å². The normalized spacial score (nSPS) is 12.7. The minimum absolute atomic E-state index is 0.0295. The van der Waals surface area contributed by atoms with Crippen LogP contribution in [-0.2, 0) is 17.4 Å². The average Bonchev–Trinajstić information content (AvgIpc) is 3.10. The topological polar surface area (TPSA) is 90.0 Å². The lowest BCUT2D eigenvalue weighted by Gasteiger charge is -2.19. The Kier molecular flexibility index (Phi) is 6.07. The van der Waals surface area contributed by atoms with E-state index in [9.17, 15) is 23.1 Å². The Labute approximate surface area is 165 Å². The molecule has 1 unspecified atom stereocenters. The van der Waals surface area contributed by atoms with Crippen molar-refractivity contribution >= 4 is 22.9 Å². The van der Waals surface area contributed by atoms with Crippen LogP contribution >= 0.6 is 0 Å². The van der Waals surface area contributed by atoms with Crippen molar-refractivity contribution in [2.24, 2.45) is 0 Å². The number of rotatable bonds is 7. The predicted molar refractivity (Wildman–Crippen MR) is 103 cm³/mol. The molecule has 4 N–H and O–H groups in total. The van der Waals surface area contributed by atoms with E-state index in [4.69, 9.17) is 0 Å². The number of aromatic nitrogens is 2. The molecule has 9 heteroatoms. The van der Waals surface area contributed by atoms with Crippen molar-refractivity contribution in [1.82, 2.24) is 15.3 Å². The number of aliphatic hydroxyl groups is 1. The number of aliphatic hydroxyl groups excluding tert-OH is 1. The van der Waals surface area contributed by atoms with Crippen LogP contribution in [0.3, 0.4) is 0 Å². The molecule has 6 nitrogen and oxygen atoms in total. The van der Waals surface area contributed by atoms with Gasteiger partial charge >= 0.3 is 6.18 Å². The molecule has 0 fully saturated rings. The van der Waals surface area contributed by atoms with E-state index in [0.29, 0.717) is 23.4 Å². The fourth-order valence-corrected chi connectivity index (χ4v) is 3.12. The molecule has 0 radical (unpaired) electrons. The summed E-state index contributed by atoms with van der Waals surface area (Å²) >= 11 is 0. The number of H-pyrrole nitrogens is 1. The first-order valence-electron chi connectivity index (χ1n) is 9.04. The lowest BCUT2D eigenvalue weighted by molar-refractivity contribution is -0.137. The van der Waals surface area contributed by atoms with Crippen LogP contribution < -0.4 is 10.6 Å². The Morgan fingerprint density at radius 1 is 1.24 bits per heavy atom. The Morgan fingerprint density at radius 3 is 2.69 bits per heavy atom. The SMILES string of the molecule is CNC(=O)CC(Nc1nc2c(CCO)cccc2[nH]1)c1cccc(C(F)(F)F)c1. The maximum absolute atomic E-state index is 13.1. The second-order valence-corrected chi connectivity index (χ2v) is 6.57. The molecule has 3 aromatic rings. The van der Waals surface area contributed by atoms with Crippen LogP contribution in [0.4, 0.5) is 19.1 Å². The molecule has 2 aromatic carbocycles. The fraction of sp³-hybridized carbons (Fsp3) is 0.300. The largest absolute Gasteiger partial charge is 0.416 e. The number of imidazole rings is 1. The van der Waals surface area contributed by atoms with E-state index in [1.807, 2.05) is 18.2 Å². The molecule has 29 heavy (non-hydrogen) atoms. The number of hydrogen-bond donors (Lipinski definition) is 4. The lowest BCUT2D eigenvalue weighted by atomic mass is 10.0. The number of nitrogens with one attached hydrogen (secondary N) is 3. The van der Waals surface area contributed by atoms with Crippen molar-refractivity contribution < 1.29 is 23.1 Å². The van der Waals surface area contributed by atoms with E-state index in [1.54, 1.807) is 0 Å². The maximum Gasteiger partial charge on any atom is 0.416 e. The van der Waals surface area contributed by atoms with E-state index in [-0.39, 0.29) is 18.9 Å². The summed E-state index contributed by atoms with van der Waals surface area (Å²) in [6, 6.07) is 9.63. The fourth-order valence-electron chi connectivity index (χ4n) is 3.12. The molecule has 0 aliphatic heterocycles. The zero-order valence-electron chi connectivity index (χ0n) is 15.7. The van der Waals surface area contributed by atoms with Gasteiger partial charge in [0.15, 0.2) is 0 Å². The summed E-state index contributed by atoms with van der Waals surface area (Å²) in [5.74, 6) is 0.00805. The quantitative estimate of drug-likeness (QED) is 0.484. The highest BCUT2D eigenvalue weighted by atomic mass is 19.4. The van der Waals surface area contributed by atoms with Gasteiger partial charge in [0.1, 0.15) is 0 Å². The van der Waals surface area contributed by atoms with Gasteiger partial charge in [0.25, 0.3) is 0 Å². The number of amides is 1. The second-order valence-electron chi connectivity index (χ2n) is 6.57. The van der Waals surface area contributed by atoms with E-state index in [0.717, 1.165) is 23.2 Å². The first-order valence-corrected chi connectivity index (χ1v) is 9.04. The van der Waals surface area contributed by atoms with Gasteiger partial charge in [-0.05, 0) is 35.7 Å². The summed E-state index contributed by atoms with van der Waals surface area (Å²) in [5.41, 5.74) is 1.76. The molecule has 0 aliphatic carbocycles. The van der Waals surface area contributed by atoms with Gasteiger partial charge in [-0.15, -0.1) is 0 Å². The van der Waals surface area contributed by atoms with Gasteiger partial charge in [-0.3, -0.25) is 4.79 Å². The average molecular weight is 406 g/mol. The molecule has 1 amide bonds. The van der Waals surface area contributed by atoms with Crippen molar-refractivity contribution in [1.29, 1.82) is 0 Å². The van der Waals surface area contributed by atoms with Crippen molar-refractivity contribution in [2.45, 2.75) is 25.1 Å². The molecule has 0 aliphatic rings. The molecule has 1 heterocycles. The van der Waals surface area contributed by atoms with Gasteiger partial charge in [0.2, 0.25) is 11.9 Å². The molecule has 0 saturated heterocycles. The zero-order chi connectivity index (χ0) is 21.0. The number of nitrogens with zero attached hydrogens (tertiary/aromatic N) is 1. The van der Waals surface area contributed by atoms with Crippen molar-refractivity contribution in [3.05, 3.63) is 59.2 Å². The lowest BCUT2D eigenvalue weighted by Crippen LogP contribution is -2.24. The highest BCUT2D eigenvalue weighted by molar-refractivity contribution is 5.81. The molecule has 0 bridgehead atoms. The van der Waals surface area contributed by atoms with Gasteiger partial charge in [0.05, 0.1) is 29.1 Å². The number of benzene rings is 2. The summed E-state index contributed by atoms with van der Waals surface area (Å²) in [7, 11) is 1.47. The van der Waals surface area contributed by atoms with Crippen LogP contribution in [0.2, 0.25) is 0 Å². The van der Waals surface area contributed by atoms with Crippen LogP contribution in [0, 0.1) is 0 Å². The summed E-state index contributed by atoms with van der Waals surface area (Å²) in [6.45, 7) is -0.0295. The molecule has 1 aromatic heterocycles. The Balaban J connectivity index is 1.95. The Bertz CT molecular complexity index is 1000. The Morgan fingerprint density at radius 2 is 2.00 bits per heavy atom. The molecular formula is C20H21F3N4O2. The summed E-state index contributed by atoms with van der Waals surface area (Å²) in [5, 5.41) is 14.7. The summed E-state index contributed by atoms with van der Waals surface area (Å²) in [4.78, 5) is 19.5. The van der Waals surface area contributed by atoms with Gasteiger partial charge in [-0.25, -0.2) is 4.98 Å². The van der Waals surface area contributed by atoms with Gasteiger partial charge in [-0.2, -0.15) is 13.2 Å². The summed E-state index contributed by atoms with van der Waals surface area (Å²) < 4.78 is 39.3. The van der Waals surface area contributed by atoms with Gasteiger partial charge in [0, 0.05) is 13.7 Å². The number of halogens is 3. The van der Waals surface area contributed by atoms with Crippen LogP contribution in [-0.4, -0.2) is 34.6 Å². The highest BCUT2D eigenvalue weighted by Crippen LogP contribution is 2.32. The van der Waals surface area contributed by atoms with E-state index >= 15 is 0 Å². The smallest absolute Gasteiger partial charge is 0.396 e.